The molecular weight excluding hydrogens is 208 g/mol. The highest BCUT2D eigenvalue weighted by molar-refractivity contribution is 5.73. The second kappa shape index (κ2) is 5.32. The van der Waals surface area contributed by atoms with Crippen LogP contribution in [0, 0.1) is 5.92 Å². The number of esters is 1. The molecular formula is C12H20O4. The van der Waals surface area contributed by atoms with Gasteiger partial charge in [0.1, 0.15) is 11.7 Å². The van der Waals surface area contributed by atoms with E-state index >= 15 is 0 Å². The highest BCUT2D eigenvalue weighted by Gasteiger charge is 2.30. The summed E-state index contributed by atoms with van der Waals surface area (Å²) in [5, 5.41) is 0. The lowest BCUT2D eigenvalue weighted by molar-refractivity contribution is -0.162. The van der Waals surface area contributed by atoms with Gasteiger partial charge < -0.3 is 9.47 Å². The zero-order chi connectivity index (χ0) is 12.2. The monoisotopic (exact) mass is 228 g/mol. The van der Waals surface area contributed by atoms with Crippen molar-refractivity contribution in [1.29, 1.82) is 0 Å². The fourth-order valence-corrected chi connectivity index (χ4v) is 1.90. The Labute approximate surface area is 96.3 Å². The summed E-state index contributed by atoms with van der Waals surface area (Å²) < 4.78 is 10.2. The Morgan fingerprint density at radius 1 is 1.19 bits per heavy atom. The molecule has 0 N–H and O–H groups in total. The quantitative estimate of drug-likeness (QED) is 0.548. The summed E-state index contributed by atoms with van der Waals surface area (Å²) in [6, 6.07) is 0. The van der Waals surface area contributed by atoms with Gasteiger partial charge in [-0.2, -0.15) is 0 Å². The summed E-state index contributed by atoms with van der Waals surface area (Å²) in [6.07, 6.45) is 2.97. The summed E-state index contributed by atoms with van der Waals surface area (Å²) in [4.78, 5) is 21.9. The molecule has 0 aromatic rings. The lowest BCUT2D eigenvalue weighted by Crippen LogP contribution is -2.32. The maximum atomic E-state index is 11.7. The molecule has 1 aliphatic carbocycles. The molecule has 92 valence electrons. The Kier molecular flexibility index (Phi) is 4.33. The average molecular weight is 228 g/mol. The Bertz CT molecular complexity index is 246. The molecule has 16 heavy (non-hydrogen) atoms. The molecule has 4 nitrogen and oxygen atoms in total. The van der Waals surface area contributed by atoms with Crippen molar-refractivity contribution in [1.82, 2.24) is 0 Å². The van der Waals surface area contributed by atoms with Gasteiger partial charge in [-0.1, -0.05) is 0 Å². The molecule has 0 bridgehead atoms. The van der Waals surface area contributed by atoms with Gasteiger partial charge in [0.15, 0.2) is 0 Å². The molecule has 0 heterocycles. The van der Waals surface area contributed by atoms with Crippen LogP contribution in [0.15, 0.2) is 0 Å². The van der Waals surface area contributed by atoms with Crippen LogP contribution in [-0.2, 0) is 19.1 Å². The second-order valence-corrected chi connectivity index (χ2v) is 5.24. The van der Waals surface area contributed by atoms with Crippen molar-refractivity contribution in [2.45, 2.75) is 58.2 Å². The molecule has 1 rings (SSSR count). The molecule has 1 fully saturated rings. The largest absolute Gasteiger partial charge is 0.465 e. The summed E-state index contributed by atoms with van der Waals surface area (Å²) in [6.45, 7) is 6.09. The highest BCUT2D eigenvalue weighted by atomic mass is 16.6. The third-order valence-electron chi connectivity index (χ3n) is 2.66. The minimum absolute atomic E-state index is 0.0174. The van der Waals surface area contributed by atoms with Gasteiger partial charge in [-0.3, -0.25) is 9.59 Å². The summed E-state index contributed by atoms with van der Waals surface area (Å²) in [7, 11) is 0. The first-order chi connectivity index (χ1) is 7.42. The van der Waals surface area contributed by atoms with E-state index in [4.69, 9.17) is 9.47 Å². The summed E-state index contributed by atoms with van der Waals surface area (Å²) >= 11 is 0. The van der Waals surface area contributed by atoms with E-state index in [9.17, 15) is 9.59 Å². The third-order valence-corrected chi connectivity index (χ3v) is 2.66. The number of carbonyl (C=O) groups excluding carboxylic acids is 2. The van der Waals surface area contributed by atoms with Gasteiger partial charge in [0, 0.05) is 0 Å². The number of rotatable bonds is 3. The topological polar surface area (TPSA) is 52.6 Å². The van der Waals surface area contributed by atoms with Crippen LogP contribution in [0.25, 0.3) is 0 Å². The molecule has 0 spiro atoms. The first-order valence-corrected chi connectivity index (χ1v) is 5.74. The van der Waals surface area contributed by atoms with Crippen molar-refractivity contribution in [3.63, 3.8) is 0 Å². The number of carbonyl (C=O) groups is 2. The van der Waals surface area contributed by atoms with Crippen molar-refractivity contribution in [3.05, 3.63) is 0 Å². The van der Waals surface area contributed by atoms with Crippen molar-refractivity contribution < 1.29 is 19.1 Å². The summed E-state index contributed by atoms with van der Waals surface area (Å²) in [5.74, 6) is -0.164. The molecule has 0 aromatic carbocycles. The second-order valence-electron chi connectivity index (χ2n) is 5.24. The van der Waals surface area contributed by atoms with Crippen LogP contribution in [0.4, 0.5) is 0 Å². The molecule has 0 atom stereocenters. The SMILES string of the molecule is CC(C)(C)OC(=O)C1CCC(OC=O)CC1. The summed E-state index contributed by atoms with van der Waals surface area (Å²) in [5.41, 5.74) is -0.423. The molecule has 0 aliphatic heterocycles. The van der Waals surface area contributed by atoms with Crippen LogP contribution in [0.1, 0.15) is 46.5 Å². The molecule has 1 saturated carbocycles. The normalized spacial score (nSPS) is 25.9. The van der Waals surface area contributed by atoms with Gasteiger partial charge in [0.2, 0.25) is 0 Å². The van der Waals surface area contributed by atoms with Gasteiger partial charge in [-0.05, 0) is 46.5 Å². The van der Waals surface area contributed by atoms with Crippen molar-refractivity contribution in [3.8, 4) is 0 Å². The average Bonchev–Trinajstić information content (AvgIpc) is 2.16. The zero-order valence-corrected chi connectivity index (χ0v) is 10.2. The Morgan fingerprint density at radius 3 is 2.19 bits per heavy atom. The smallest absolute Gasteiger partial charge is 0.309 e. The van der Waals surface area contributed by atoms with E-state index in [1.54, 1.807) is 0 Å². The van der Waals surface area contributed by atoms with Gasteiger partial charge in [-0.25, -0.2) is 0 Å². The predicted molar refractivity (Wildman–Crippen MR) is 58.7 cm³/mol. The number of hydrogen-bond acceptors (Lipinski definition) is 4. The molecule has 4 heteroatoms. The van der Waals surface area contributed by atoms with Crippen LogP contribution < -0.4 is 0 Å². The maximum Gasteiger partial charge on any atom is 0.309 e. The van der Waals surface area contributed by atoms with E-state index in [1.165, 1.54) is 0 Å². The molecule has 0 unspecified atom stereocenters. The van der Waals surface area contributed by atoms with Crippen LogP contribution in [0.5, 0.6) is 0 Å². The fourth-order valence-electron chi connectivity index (χ4n) is 1.90. The lowest BCUT2D eigenvalue weighted by atomic mass is 9.87. The van der Waals surface area contributed by atoms with Crippen LogP contribution in [0.3, 0.4) is 0 Å². The van der Waals surface area contributed by atoms with Crippen molar-refractivity contribution in [2.24, 2.45) is 5.92 Å². The van der Waals surface area contributed by atoms with E-state index in [2.05, 4.69) is 0 Å². The van der Waals surface area contributed by atoms with Gasteiger partial charge in [0.25, 0.3) is 6.47 Å². The van der Waals surface area contributed by atoms with Crippen LogP contribution >= 0.6 is 0 Å². The number of hydrogen-bond donors (Lipinski definition) is 0. The molecule has 0 aromatic heterocycles. The van der Waals surface area contributed by atoms with Crippen LogP contribution in [-0.4, -0.2) is 24.1 Å². The van der Waals surface area contributed by atoms with Gasteiger partial charge in [0.05, 0.1) is 5.92 Å². The first-order valence-electron chi connectivity index (χ1n) is 5.74. The molecule has 0 radical (unpaired) electrons. The standard InChI is InChI=1S/C12H20O4/c1-12(2,3)16-11(14)9-4-6-10(7-5-9)15-8-13/h8-10H,4-7H2,1-3H3. The molecule has 1 aliphatic rings. The Morgan fingerprint density at radius 2 is 1.75 bits per heavy atom. The van der Waals surface area contributed by atoms with Gasteiger partial charge >= 0.3 is 5.97 Å². The Hall–Kier alpha value is -1.06. The van der Waals surface area contributed by atoms with E-state index in [0.717, 1.165) is 25.7 Å². The van der Waals surface area contributed by atoms with E-state index in [0.29, 0.717) is 6.47 Å². The lowest BCUT2D eigenvalue weighted by Gasteiger charge is -2.28. The van der Waals surface area contributed by atoms with Crippen molar-refractivity contribution >= 4 is 12.4 Å². The number of ether oxygens (including phenoxy) is 2. The minimum atomic E-state index is -0.423. The van der Waals surface area contributed by atoms with E-state index < -0.39 is 5.60 Å². The molecule has 0 amide bonds. The fraction of sp³-hybridized carbons (Fsp3) is 0.833. The third kappa shape index (κ3) is 4.21. The minimum Gasteiger partial charge on any atom is -0.465 e. The van der Waals surface area contributed by atoms with Crippen molar-refractivity contribution in [2.75, 3.05) is 0 Å². The predicted octanol–water partition coefficient (Wildman–Crippen LogP) is 2.06. The highest BCUT2D eigenvalue weighted by Crippen LogP contribution is 2.28. The van der Waals surface area contributed by atoms with E-state index in [1.807, 2.05) is 20.8 Å². The van der Waals surface area contributed by atoms with E-state index in [-0.39, 0.29) is 18.0 Å². The zero-order valence-electron chi connectivity index (χ0n) is 10.2. The Balaban J connectivity index is 2.36. The van der Waals surface area contributed by atoms with Crippen LogP contribution in [0.2, 0.25) is 0 Å². The van der Waals surface area contributed by atoms with Gasteiger partial charge in [-0.15, -0.1) is 0 Å². The first kappa shape index (κ1) is 13.0. The molecule has 0 saturated heterocycles. The maximum absolute atomic E-state index is 11.7.